The van der Waals surface area contributed by atoms with Gasteiger partial charge in [0, 0.05) is 37.7 Å². The maximum absolute atomic E-state index is 13.6. The number of aryl methyl sites for hydroxylation is 3. The molecule has 2 atom stereocenters. The standard InChI is InChI=1S/C25H31ClN4O3S/c1-15-11-16(2)23(17(3)12-15)34(32,33)30-10-9-29(14-18(30)4)19(5)24-27-22-8-7-20(26)13-21(22)25(31)28(24)6/h7-8,11-13,18-19H,9-10,14H2,1-6H3. The largest absolute Gasteiger partial charge is 0.298 e. The fraction of sp³-hybridized carbons (Fsp3) is 0.440. The Labute approximate surface area is 206 Å². The maximum atomic E-state index is 13.6. The molecule has 1 aromatic heterocycles. The third kappa shape index (κ3) is 4.28. The van der Waals surface area contributed by atoms with Crippen molar-refractivity contribution in [2.45, 2.75) is 51.6 Å². The summed E-state index contributed by atoms with van der Waals surface area (Å²) in [5.41, 5.74) is 3.06. The second-order valence-electron chi connectivity index (χ2n) is 9.36. The molecule has 2 heterocycles. The van der Waals surface area contributed by atoms with Crippen LogP contribution >= 0.6 is 11.6 Å². The van der Waals surface area contributed by atoms with E-state index >= 15 is 0 Å². The Bertz CT molecular complexity index is 1410. The van der Waals surface area contributed by atoms with Crippen LogP contribution in [0.25, 0.3) is 10.9 Å². The first-order valence-electron chi connectivity index (χ1n) is 11.4. The molecule has 2 aromatic carbocycles. The van der Waals surface area contributed by atoms with Gasteiger partial charge in [0.15, 0.2) is 0 Å². The van der Waals surface area contributed by atoms with E-state index in [9.17, 15) is 13.2 Å². The molecule has 4 rings (SSSR count). The Morgan fingerprint density at radius 3 is 2.35 bits per heavy atom. The molecule has 0 amide bonds. The van der Waals surface area contributed by atoms with Crippen molar-refractivity contribution in [1.29, 1.82) is 0 Å². The zero-order chi connectivity index (χ0) is 24.9. The molecular weight excluding hydrogens is 472 g/mol. The van der Waals surface area contributed by atoms with Gasteiger partial charge in [0.05, 0.1) is 21.8 Å². The summed E-state index contributed by atoms with van der Waals surface area (Å²) in [5.74, 6) is 0.647. The van der Waals surface area contributed by atoms with Crippen LogP contribution in [0.2, 0.25) is 5.02 Å². The first kappa shape index (κ1) is 24.9. The molecule has 0 saturated carbocycles. The molecule has 0 radical (unpaired) electrons. The third-order valence-electron chi connectivity index (χ3n) is 6.76. The van der Waals surface area contributed by atoms with Crippen molar-refractivity contribution in [3.8, 4) is 0 Å². The van der Waals surface area contributed by atoms with E-state index in [2.05, 4.69) is 4.90 Å². The lowest BCUT2D eigenvalue weighted by atomic mass is 10.1. The molecule has 182 valence electrons. The van der Waals surface area contributed by atoms with Crippen molar-refractivity contribution in [2.75, 3.05) is 19.6 Å². The third-order valence-corrected chi connectivity index (χ3v) is 9.32. The van der Waals surface area contributed by atoms with Gasteiger partial charge < -0.3 is 0 Å². The molecule has 34 heavy (non-hydrogen) atoms. The molecule has 0 N–H and O–H groups in total. The van der Waals surface area contributed by atoms with Gasteiger partial charge in [-0.1, -0.05) is 29.3 Å². The monoisotopic (exact) mass is 502 g/mol. The van der Waals surface area contributed by atoms with Gasteiger partial charge in [0.1, 0.15) is 5.82 Å². The highest BCUT2D eigenvalue weighted by molar-refractivity contribution is 7.89. The van der Waals surface area contributed by atoms with E-state index < -0.39 is 10.0 Å². The summed E-state index contributed by atoms with van der Waals surface area (Å²) < 4.78 is 30.4. The first-order chi connectivity index (χ1) is 15.9. The minimum absolute atomic E-state index is 0.145. The molecule has 9 heteroatoms. The smallest absolute Gasteiger partial charge is 0.261 e. The maximum Gasteiger partial charge on any atom is 0.261 e. The summed E-state index contributed by atoms with van der Waals surface area (Å²) in [6, 6.07) is 8.58. The minimum atomic E-state index is -3.63. The van der Waals surface area contributed by atoms with Gasteiger partial charge in [0.2, 0.25) is 10.0 Å². The Balaban J connectivity index is 1.61. The molecule has 1 fully saturated rings. The van der Waals surface area contributed by atoms with Crippen molar-refractivity contribution >= 4 is 32.5 Å². The average molecular weight is 503 g/mol. The van der Waals surface area contributed by atoms with Crippen LogP contribution in [0.15, 0.2) is 40.0 Å². The second kappa shape index (κ2) is 9.07. The lowest BCUT2D eigenvalue weighted by molar-refractivity contribution is 0.104. The summed E-state index contributed by atoms with van der Waals surface area (Å²) in [4.78, 5) is 20.3. The van der Waals surface area contributed by atoms with E-state index in [1.54, 1.807) is 34.1 Å². The predicted octanol–water partition coefficient (Wildman–Crippen LogP) is 3.97. The highest BCUT2D eigenvalue weighted by Gasteiger charge is 2.37. The number of sulfonamides is 1. The molecule has 1 aliphatic heterocycles. The Morgan fingerprint density at radius 2 is 1.74 bits per heavy atom. The van der Waals surface area contributed by atoms with Crippen molar-refractivity contribution < 1.29 is 8.42 Å². The zero-order valence-corrected chi connectivity index (χ0v) is 22.0. The Morgan fingerprint density at radius 1 is 1.09 bits per heavy atom. The molecular formula is C25H31ClN4O3S. The number of nitrogens with zero attached hydrogens (tertiary/aromatic N) is 4. The average Bonchev–Trinajstić information content (AvgIpc) is 2.75. The number of fused-ring (bicyclic) bond motifs is 1. The molecule has 1 saturated heterocycles. The lowest BCUT2D eigenvalue weighted by Gasteiger charge is -2.41. The van der Waals surface area contributed by atoms with Crippen LogP contribution in [0, 0.1) is 20.8 Å². The highest BCUT2D eigenvalue weighted by atomic mass is 35.5. The van der Waals surface area contributed by atoms with E-state index in [0.29, 0.717) is 46.3 Å². The molecule has 2 unspecified atom stereocenters. The van der Waals surface area contributed by atoms with Crippen LogP contribution in [0.4, 0.5) is 0 Å². The SMILES string of the molecule is Cc1cc(C)c(S(=O)(=O)N2CCN(C(C)c3nc4ccc(Cl)cc4c(=O)n3C)CC2C)c(C)c1. The Kier molecular flexibility index (Phi) is 6.63. The van der Waals surface area contributed by atoms with E-state index in [0.717, 1.165) is 16.7 Å². The van der Waals surface area contributed by atoms with Gasteiger partial charge in [-0.25, -0.2) is 13.4 Å². The van der Waals surface area contributed by atoms with Crippen molar-refractivity contribution in [2.24, 2.45) is 7.05 Å². The van der Waals surface area contributed by atoms with Crippen LogP contribution in [0.1, 0.15) is 42.4 Å². The number of piperazine rings is 1. The molecule has 3 aromatic rings. The molecule has 0 bridgehead atoms. The van der Waals surface area contributed by atoms with Gasteiger partial charge in [-0.2, -0.15) is 4.31 Å². The van der Waals surface area contributed by atoms with E-state index in [1.807, 2.05) is 46.8 Å². The number of aromatic nitrogens is 2. The number of rotatable bonds is 4. The number of hydrogen-bond acceptors (Lipinski definition) is 5. The lowest BCUT2D eigenvalue weighted by Crippen LogP contribution is -2.54. The van der Waals surface area contributed by atoms with Crippen molar-refractivity contribution in [3.63, 3.8) is 0 Å². The van der Waals surface area contributed by atoms with Gasteiger partial charge in [-0.05, 0) is 63.9 Å². The summed E-state index contributed by atoms with van der Waals surface area (Å²) in [5, 5.41) is 0.983. The number of hydrogen-bond donors (Lipinski definition) is 0. The van der Waals surface area contributed by atoms with Gasteiger partial charge in [-0.15, -0.1) is 0 Å². The normalized spacial score (nSPS) is 19.0. The quantitative estimate of drug-likeness (QED) is 0.539. The summed E-state index contributed by atoms with van der Waals surface area (Å²) in [7, 11) is -1.91. The van der Waals surface area contributed by atoms with E-state index in [-0.39, 0.29) is 17.6 Å². The highest BCUT2D eigenvalue weighted by Crippen LogP contribution is 2.30. The fourth-order valence-corrected chi connectivity index (χ4v) is 7.37. The molecule has 7 nitrogen and oxygen atoms in total. The van der Waals surface area contributed by atoms with Crippen LogP contribution in [0.3, 0.4) is 0 Å². The Hall–Kier alpha value is -2.26. The minimum Gasteiger partial charge on any atom is -0.298 e. The van der Waals surface area contributed by atoms with Gasteiger partial charge in [-0.3, -0.25) is 14.3 Å². The van der Waals surface area contributed by atoms with Crippen molar-refractivity contribution in [3.05, 3.63) is 68.2 Å². The number of benzene rings is 2. The number of halogens is 1. The van der Waals surface area contributed by atoms with Crippen LogP contribution in [0.5, 0.6) is 0 Å². The summed E-state index contributed by atoms with van der Waals surface area (Å²) in [6.07, 6.45) is 0. The van der Waals surface area contributed by atoms with E-state index in [4.69, 9.17) is 16.6 Å². The first-order valence-corrected chi connectivity index (χ1v) is 13.2. The summed E-state index contributed by atoms with van der Waals surface area (Å²) in [6.45, 7) is 11.1. The van der Waals surface area contributed by atoms with Crippen LogP contribution < -0.4 is 5.56 Å². The molecule has 0 spiro atoms. The van der Waals surface area contributed by atoms with Gasteiger partial charge in [0.25, 0.3) is 5.56 Å². The zero-order valence-electron chi connectivity index (χ0n) is 20.5. The van der Waals surface area contributed by atoms with Crippen LogP contribution in [-0.2, 0) is 17.1 Å². The fourth-order valence-electron chi connectivity index (χ4n) is 5.17. The van der Waals surface area contributed by atoms with E-state index in [1.165, 1.54) is 0 Å². The second-order valence-corrected chi connectivity index (χ2v) is 11.6. The molecule has 1 aliphatic rings. The molecule has 0 aliphatic carbocycles. The predicted molar refractivity (Wildman–Crippen MR) is 136 cm³/mol. The van der Waals surface area contributed by atoms with Crippen molar-refractivity contribution in [1.82, 2.24) is 18.8 Å². The van der Waals surface area contributed by atoms with Crippen LogP contribution in [-0.4, -0.2) is 52.9 Å². The topological polar surface area (TPSA) is 75.5 Å². The summed E-state index contributed by atoms with van der Waals surface area (Å²) >= 11 is 6.07. The van der Waals surface area contributed by atoms with Gasteiger partial charge >= 0.3 is 0 Å².